The van der Waals surface area contributed by atoms with Crippen LogP contribution in [-0.4, -0.2) is 9.97 Å². The molecular weight excluding hydrogens is 268 g/mol. The number of nitrogens with zero attached hydrogens (tertiary/aromatic N) is 1. The van der Waals surface area contributed by atoms with Gasteiger partial charge in [-0.1, -0.05) is 29.8 Å². The highest BCUT2D eigenvalue weighted by Crippen LogP contribution is 2.34. The van der Waals surface area contributed by atoms with E-state index in [0.717, 1.165) is 15.3 Å². The maximum atomic E-state index is 11.8. The van der Waals surface area contributed by atoms with Crippen LogP contribution in [0.4, 0.5) is 0 Å². The topological polar surface area (TPSA) is 45.8 Å². The fourth-order valence-electron chi connectivity index (χ4n) is 1.83. The van der Waals surface area contributed by atoms with Crippen LogP contribution in [0.1, 0.15) is 5.82 Å². The summed E-state index contributed by atoms with van der Waals surface area (Å²) in [4.78, 5) is 20.5. The number of nitrogens with one attached hydrogen (secondary N) is 1. The Morgan fingerprint density at radius 2 is 2.11 bits per heavy atom. The van der Waals surface area contributed by atoms with Gasteiger partial charge in [0.15, 0.2) is 0 Å². The summed E-state index contributed by atoms with van der Waals surface area (Å²) in [7, 11) is 0. The van der Waals surface area contributed by atoms with E-state index in [9.17, 15) is 4.79 Å². The molecule has 0 radical (unpaired) electrons. The highest BCUT2D eigenvalue weighted by Gasteiger charge is 2.10. The molecule has 0 spiro atoms. The number of hydrogen-bond acceptors (Lipinski definition) is 3. The van der Waals surface area contributed by atoms with Crippen molar-refractivity contribution in [1.82, 2.24) is 9.97 Å². The van der Waals surface area contributed by atoms with Crippen LogP contribution in [-0.2, 0) is 0 Å². The van der Waals surface area contributed by atoms with Crippen molar-refractivity contribution in [3.05, 3.63) is 51.5 Å². The Balaban J connectivity index is 2.30. The molecule has 5 heteroatoms. The second-order valence-corrected chi connectivity index (χ2v) is 5.40. The molecule has 0 bridgehead atoms. The van der Waals surface area contributed by atoms with E-state index < -0.39 is 0 Å². The molecule has 0 saturated heterocycles. The molecule has 0 aliphatic rings. The maximum Gasteiger partial charge on any atom is 0.259 e. The minimum absolute atomic E-state index is 0.105. The van der Waals surface area contributed by atoms with E-state index in [-0.39, 0.29) is 5.56 Å². The van der Waals surface area contributed by atoms with Gasteiger partial charge in [0.05, 0.1) is 5.39 Å². The zero-order valence-electron chi connectivity index (χ0n) is 9.53. The van der Waals surface area contributed by atoms with Gasteiger partial charge in [0, 0.05) is 15.5 Å². The van der Waals surface area contributed by atoms with E-state index in [1.54, 1.807) is 6.92 Å². The van der Waals surface area contributed by atoms with Crippen molar-refractivity contribution >= 4 is 33.2 Å². The van der Waals surface area contributed by atoms with Crippen LogP contribution < -0.4 is 5.56 Å². The van der Waals surface area contributed by atoms with Gasteiger partial charge >= 0.3 is 0 Å². The number of hydrogen-bond donors (Lipinski definition) is 1. The van der Waals surface area contributed by atoms with Gasteiger partial charge in [-0.05, 0) is 19.1 Å². The molecule has 0 aliphatic heterocycles. The number of fused-ring (bicyclic) bond motifs is 1. The first-order valence-corrected chi connectivity index (χ1v) is 6.60. The first-order chi connectivity index (χ1) is 8.65. The minimum atomic E-state index is -0.105. The molecule has 0 atom stereocenters. The summed E-state index contributed by atoms with van der Waals surface area (Å²) in [5, 5.41) is 1.29. The molecule has 2 aromatic heterocycles. The molecule has 3 rings (SSSR count). The molecular formula is C13H9ClN2OS. The molecule has 18 heavy (non-hydrogen) atoms. The van der Waals surface area contributed by atoms with Gasteiger partial charge in [0.25, 0.3) is 5.56 Å². The van der Waals surface area contributed by atoms with Crippen molar-refractivity contribution in [2.24, 2.45) is 0 Å². The standard InChI is InChI=1S/C13H9ClN2OS/c1-7-15-12(17)9-6-11(18-13(9)16-7)8-4-2-3-5-10(8)14/h2-6H,1H3,(H,15,16,17). The Kier molecular flexibility index (Phi) is 2.69. The molecule has 0 aliphatic carbocycles. The predicted molar refractivity (Wildman–Crippen MR) is 75.4 cm³/mol. The summed E-state index contributed by atoms with van der Waals surface area (Å²) in [6, 6.07) is 9.42. The lowest BCUT2D eigenvalue weighted by atomic mass is 10.2. The van der Waals surface area contributed by atoms with Crippen LogP contribution >= 0.6 is 22.9 Å². The third-order valence-corrected chi connectivity index (χ3v) is 4.05. The lowest BCUT2D eigenvalue weighted by molar-refractivity contribution is 1.07. The largest absolute Gasteiger partial charge is 0.310 e. The fraction of sp³-hybridized carbons (Fsp3) is 0.0769. The number of aryl methyl sites for hydroxylation is 1. The summed E-state index contributed by atoms with van der Waals surface area (Å²) in [6.07, 6.45) is 0. The first kappa shape index (κ1) is 11.4. The smallest absolute Gasteiger partial charge is 0.259 e. The lowest BCUT2D eigenvalue weighted by Gasteiger charge is -1.98. The molecule has 0 saturated carbocycles. The summed E-state index contributed by atoms with van der Waals surface area (Å²) < 4.78 is 0. The third kappa shape index (κ3) is 1.83. The Hall–Kier alpha value is -1.65. The summed E-state index contributed by atoms with van der Waals surface area (Å²) >= 11 is 7.64. The number of H-pyrrole nitrogens is 1. The lowest BCUT2D eigenvalue weighted by Crippen LogP contribution is -2.07. The SMILES string of the molecule is Cc1nc2sc(-c3ccccc3Cl)cc2c(=O)[nH]1. The number of aromatic nitrogens is 2. The molecule has 0 unspecified atom stereocenters. The molecule has 2 heterocycles. The van der Waals surface area contributed by atoms with Gasteiger partial charge < -0.3 is 4.98 Å². The van der Waals surface area contributed by atoms with Crippen LogP contribution in [0.3, 0.4) is 0 Å². The maximum absolute atomic E-state index is 11.8. The Bertz CT molecular complexity index is 791. The molecule has 90 valence electrons. The van der Waals surface area contributed by atoms with Gasteiger partial charge in [-0.25, -0.2) is 4.98 Å². The second kappa shape index (κ2) is 4.23. The zero-order chi connectivity index (χ0) is 12.7. The number of thiophene rings is 1. The number of aromatic amines is 1. The van der Waals surface area contributed by atoms with Gasteiger partial charge in [-0.2, -0.15) is 0 Å². The van der Waals surface area contributed by atoms with Crippen LogP contribution in [0.5, 0.6) is 0 Å². The van der Waals surface area contributed by atoms with Crippen molar-refractivity contribution in [2.75, 3.05) is 0 Å². The molecule has 3 aromatic rings. The highest BCUT2D eigenvalue weighted by molar-refractivity contribution is 7.21. The Labute approximate surface area is 112 Å². The molecule has 0 amide bonds. The van der Waals surface area contributed by atoms with Gasteiger partial charge in [0.2, 0.25) is 0 Å². The quantitative estimate of drug-likeness (QED) is 0.738. The average molecular weight is 277 g/mol. The van der Waals surface area contributed by atoms with Gasteiger partial charge in [-0.3, -0.25) is 4.79 Å². The van der Waals surface area contributed by atoms with Crippen LogP contribution in [0, 0.1) is 6.92 Å². The Morgan fingerprint density at radius 3 is 2.89 bits per heavy atom. The zero-order valence-corrected chi connectivity index (χ0v) is 11.1. The van der Waals surface area contributed by atoms with E-state index in [4.69, 9.17) is 11.6 Å². The summed E-state index contributed by atoms with van der Waals surface area (Å²) in [5.74, 6) is 0.625. The van der Waals surface area contributed by atoms with E-state index in [0.29, 0.717) is 16.2 Å². The van der Waals surface area contributed by atoms with Crippen molar-refractivity contribution < 1.29 is 0 Å². The molecule has 1 aromatic carbocycles. The van der Waals surface area contributed by atoms with Crippen molar-refractivity contribution in [3.63, 3.8) is 0 Å². The average Bonchev–Trinajstić information content (AvgIpc) is 2.73. The highest BCUT2D eigenvalue weighted by atomic mass is 35.5. The fourth-order valence-corrected chi connectivity index (χ4v) is 3.24. The van der Waals surface area contributed by atoms with Crippen LogP contribution in [0.25, 0.3) is 20.7 Å². The number of rotatable bonds is 1. The second-order valence-electron chi connectivity index (χ2n) is 3.96. The third-order valence-electron chi connectivity index (χ3n) is 2.66. The molecule has 3 nitrogen and oxygen atoms in total. The number of halogens is 1. The predicted octanol–water partition coefficient (Wildman–Crippen LogP) is 3.61. The van der Waals surface area contributed by atoms with E-state index in [1.165, 1.54) is 11.3 Å². The van der Waals surface area contributed by atoms with Crippen molar-refractivity contribution in [2.45, 2.75) is 6.92 Å². The molecule has 0 fully saturated rings. The summed E-state index contributed by atoms with van der Waals surface area (Å²) in [5.41, 5.74) is 0.825. The van der Waals surface area contributed by atoms with Crippen LogP contribution in [0.15, 0.2) is 35.1 Å². The van der Waals surface area contributed by atoms with E-state index in [2.05, 4.69) is 9.97 Å². The monoisotopic (exact) mass is 276 g/mol. The van der Waals surface area contributed by atoms with Crippen molar-refractivity contribution in [3.8, 4) is 10.4 Å². The number of benzene rings is 1. The van der Waals surface area contributed by atoms with Crippen LogP contribution in [0.2, 0.25) is 5.02 Å². The van der Waals surface area contributed by atoms with E-state index in [1.807, 2.05) is 30.3 Å². The molecule has 1 N–H and O–H groups in total. The first-order valence-electron chi connectivity index (χ1n) is 5.40. The minimum Gasteiger partial charge on any atom is -0.310 e. The van der Waals surface area contributed by atoms with Gasteiger partial charge in [-0.15, -0.1) is 11.3 Å². The normalized spacial score (nSPS) is 11.0. The van der Waals surface area contributed by atoms with E-state index >= 15 is 0 Å². The summed E-state index contributed by atoms with van der Waals surface area (Å²) in [6.45, 7) is 1.77. The van der Waals surface area contributed by atoms with Gasteiger partial charge in [0.1, 0.15) is 10.7 Å². The Morgan fingerprint density at radius 1 is 1.33 bits per heavy atom. The van der Waals surface area contributed by atoms with Crippen molar-refractivity contribution in [1.29, 1.82) is 0 Å².